The quantitative estimate of drug-likeness (QED) is 0.654. The van der Waals surface area contributed by atoms with E-state index < -0.39 is 5.97 Å². The maximum absolute atomic E-state index is 10.2. The molecule has 11 heavy (non-hydrogen) atoms. The van der Waals surface area contributed by atoms with Crippen LogP contribution >= 0.6 is 11.9 Å². The number of aliphatic carboxylic acids is 1. The first-order valence-electron chi connectivity index (χ1n) is 3.88. The highest BCUT2D eigenvalue weighted by Crippen LogP contribution is 2.17. The average molecular weight is 175 g/mol. The lowest BCUT2D eigenvalue weighted by molar-refractivity contribution is -0.133. The van der Waals surface area contributed by atoms with E-state index in [9.17, 15) is 4.79 Å². The lowest BCUT2D eigenvalue weighted by atomic mass is 10.2. The summed E-state index contributed by atoms with van der Waals surface area (Å²) in [7, 11) is 0. The van der Waals surface area contributed by atoms with E-state index in [1.165, 1.54) is 31.2 Å². The van der Waals surface area contributed by atoms with Crippen molar-refractivity contribution in [3.8, 4) is 0 Å². The highest BCUT2D eigenvalue weighted by molar-refractivity contribution is 7.97. The van der Waals surface area contributed by atoms with Crippen molar-refractivity contribution in [2.24, 2.45) is 0 Å². The van der Waals surface area contributed by atoms with Crippen LogP contribution in [0.2, 0.25) is 0 Å². The van der Waals surface area contributed by atoms with Gasteiger partial charge in [0.15, 0.2) is 0 Å². The molecule has 0 bridgehead atoms. The fourth-order valence-corrected chi connectivity index (χ4v) is 1.95. The van der Waals surface area contributed by atoms with E-state index in [0.29, 0.717) is 0 Å². The molecule has 1 aliphatic heterocycles. The van der Waals surface area contributed by atoms with Gasteiger partial charge in [-0.25, -0.2) is 0 Å². The van der Waals surface area contributed by atoms with Crippen LogP contribution in [0.1, 0.15) is 19.3 Å². The molecular formula is C7H13NO2S. The first-order chi connectivity index (χ1) is 5.29. The van der Waals surface area contributed by atoms with E-state index in [0.717, 1.165) is 13.1 Å². The normalized spacial score (nSPS) is 20.0. The van der Waals surface area contributed by atoms with E-state index in [1.807, 2.05) is 0 Å². The van der Waals surface area contributed by atoms with Crippen LogP contribution < -0.4 is 0 Å². The fraction of sp³-hybridized carbons (Fsp3) is 0.857. The van der Waals surface area contributed by atoms with Crippen LogP contribution in [0.4, 0.5) is 0 Å². The van der Waals surface area contributed by atoms with E-state index in [1.54, 1.807) is 0 Å². The van der Waals surface area contributed by atoms with Gasteiger partial charge in [0.2, 0.25) is 0 Å². The SMILES string of the molecule is O=C(O)CSN1CCCCC1. The average Bonchev–Trinajstić information content (AvgIpc) is 2.03. The molecule has 1 saturated heterocycles. The Balaban J connectivity index is 2.09. The molecule has 0 aromatic heterocycles. The van der Waals surface area contributed by atoms with Crippen molar-refractivity contribution in [3.63, 3.8) is 0 Å². The van der Waals surface area contributed by atoms with Crippen LogP contribution in [0.3, 0.4) is 0 Å². The highest BCUT2D eigenvalue weighted by atomic mass is 32.2. The lowest BCUT2D eigenvalue weighted by Gasteiger charge is -2.24. The van der Waals surface area contributed by atoms with Gasteiger partial charge in [-0.3, -0.25) is 9.10 Å². The van der Waals surface area contributed by atoms with E-state index in [2.05, 4.69) is 4.31 Å². The van der Waals surface area contributed by atoms with Gasteiger partial charge < -0.3 is 5.11 Å². The minimum Gasteiger partial charge on any atom is -0.481 e. The van der Waals surface area contributed by atoms with Crippen molar-refractivity contribution in [3.05, 3.63) is 0 Å². The number of carboxylic acids is 1. The molecule has 64 valence electrons. The van der Waals surface area contributed by atoms with Crippen molar-refractivity contribution in [1.82, 2.24) is 4.31 Å². The maximum atomic E-state index is 10.2. The van der Waals surface area contributed by atoms with E-state index >= 15 is 0 Å². The van der Waals surface area contributed by atoms with Crippen molar-refractivity contribution in [2.75, 3.05) is 18.8 Å². The third-order valence-electron chi connectivity index (χ3n) is 1.69. The molecule has 1 N–H and O–H groups in total. The number of hydrogen-bond donors (Lipinski definition) is 1. The zero-order chi connectivity index (χ0) is 8.10. The summed E-state index contributed by atoms with van der Waals surface area (Å²) in [5.41, 5.74) is 0. The molecule has 0 aromatic rings. The topological polar surface area (TPSA) is 40.5 Å². The molecule has 0 saturated carbocycles. The minimum absolute atomic E-state index is 0.208. The second kappa shape index (κ2) is 4.62. The molecule has 1 fully saturated rings. The number of rotatable bonds is 3. The molecule has 0 aliphatic carbocycles. The molecule has 3 nitrogen and oxygen atoms in total. The summed E-state index contributed by atoms with van der Waals surface area (Å²) in [6.45, 7) is 2.11. The minimum atomic E-state index is -0.722. The van der Waals surface area contributed by atoms with E-state index in [4.69, 9.17) is 5.11 Å². The summed E-state index contributed by atoms with van der Waals surface area (Å²) in [6, 6.07) is 0. The molecule has 0 atom stereocenters. The monoisotopic (exact) mass is 175 g/mol. The zero-order valence-corrected chi connectivity index (χ0v) is 7.27. The Morgan fingerprint density at radius 2 is 2.00 bits per heavy atom. The Morgan fingerprint density at radius 3 is 2.55 bits per heavy atom. The Morgan fingerprint density at radius 1 is 1.36 bits per heavy atom. The van der Waals surface area contributed by atoms with Crippen LogP contribution in [0.25, 0.3) is 0 Å². The molecular weight excluding hydrogens is 162 g/mol. The predicted octanol–water partition coefficient (Wildman–Crippen LogP) is 1.21. The van der Waals surface area contributed by atoms with Gasteiger partial charge in [0.1, 0.15) is 5.75 Å². The molecule has 0 unspecified atom stereocenters. The maximum Gasteiger partial charge on any atom is 0.314 e. The summed E-state index contributed by atoms with van der Waals surface area (Å²) in [5, 5.41) is 8.40. The number of nitrogens with zero attached hydrogens (tertiary/aromatic N) is 1. The number of hydrogen-bond acceptors (Lipinski definition) is 3. The van der Waals surface area contributed by atoms with Crippen LogP contribution in [0.15, 0.2) is 0 Å². The van der Waals surface area contributed by atoms with Crippen molar-refractivity contribution in [1.29, 1.82) is 0 Å². The second-order valence-corrected chi connectivity index (χ2v) is 3.72. The Labute approximate surface area is 70.9 Å². The molecule has 0 amide bonds. The smallest absolute Gasteiger partial charge is 0.314 e. The third kappa shape index (κ3) is 3.62. The standard InChI is InChI=1S/C7H13NO2S/c9-7(10)6-11-8-4-2-1-3-5-8/h1-6H2,(H,9,10). The fourth-order valence-electron chi connectivity index (χ4n) is 1.14. The summed E-state index contributed by atoms with van der Waals surface area (Å²) >= 11 is 1.44. The first-order valence-corrected chi connectivity index (χ1v) is 4.83. The van der Waals surface area contributed by atoms with Gasteiger partial charge in [-0.2, -0.15) is 0 Å². The summed E-state index contributed by atoms with van der Waals surface area (Å²) in [6.07, 6.45) is 3.73. The Bertz CT molecular complexity index is 134. The molecule has 0 spiro atoms. The summed E-state index contributed by atoms with van der Waals surface area (Å²) in [5.74, 6) is -0.513. The molecule has 1 rings (SSSR count). The van der Waals surface area contributed by atoms with E-state index in [-0.39, 0.29) is 5.75 Å². The second-order valence-electron chi connectivity index (χ2n) is 2.66. The zero-order valence-electron chi connectivity index (χ0n) is 6.45. The van der Waals surface area contributed by atoms with Gasteiger partial charge in [-0.05, 0) is 12.8 Å². The van der Waals surface area contributed by atoms with Gasteiger partial charge in [-0.1, -0.05) is 18.4 Å². The highest BCUT2D eigenvalue weighted by Gasteiger charge is 2.11. The number of carbonyl (C=O) groups is 1. The molecule has 1 heterocycles. The molecule has 4 heteroatoms. The largest absolute Gasteiger partial charge is 0.481 e. The third-order valence-corrected chi connectivity index (χ3v) is 2.79. The lowest BCUT2D eigenvalue weighted by Crippen LogP contribution is -2.24. The Hall–Kier alpha value is -0.220. The molecule has 0 radical (unpaired) electrons. The van der Waals surface area contributed by atoms with Gasteiger partial charge in [-0.15, -0.1) is 0 Å². The molecule has 0 aromatic carbocycles. The van der Waals surface area contributed by atoms with Crippen LogP contribution in [0.5, 0.6) is 0 Å². The van der Waals surface area contributed by atoms with Gasteiger partial charge >= 0.3 is 5.97 Å². The summed E-state index contributed by atoms with van der Waals surface area (Å²) < 4.78 is 2.15. The Kier molecular flexibility index (Phi) is 3.72. The van der Waals surface area contributed by atoms with Crippen LogP contribution in [-0.4, -0.2) is 34.2 Å². The van der Waals surface area contributed by atoms with Gasteiger partial charge in [0.05, 0.1) is 0 Å². The number of piperidine rings is 1. The predicted molar refractivity (Wildman–Crippen MR) is 45.5 cm³/mol. The first kappa shape index (κ1) is 8.87. The van der Waals surface area contributed by atoms with Gasteiger partial charge in [0, 0.05) is 13.1 Å². The number of carboxylic acid groups (broad SMARTS) is 1. The van der Waals surface area contributed by atoms with Crippen LogP contribution in [0, 0.1) is 0 Å². The summed E-state index contributed by atoms with van der Waals surface area (Å²) in [4.78, 5) is 10.2. The van der Waals surface area contributed by atoms with Crippen molar-refractivity contribution in [2.45, 2.75) is 19.3 Å². The van der Waals surface area contributed by atoms with Crippen molar-refractivity contribution < 1.29 is 9.90 Å². The van der Waals surface area contributed by atoms with Gasteiger partial charge in [0.25, 0.3) is 0 Å². The van der Waals surface area contributed by atoms with Crippen molar-refractivity contribution >= 4 is 17.9 Å². The van der Waals surface area contributed by atoms with Crippen LogP contribution in [-0.2, 0) is 4.79 Å². The molecule has 1 aliphatic rings.